The fourth-order valence-corrected chi connectivity index (χ4v) is 1.67. The number of aromatic nitrogens is 1. The van der Waals surface area contributed by atoms with Gasteiger partial charge in [0.1, 0.15) is 0 Å². The zero-order chi connectivity index (χ0) is 12.3. The standard InChI is InChI=1S/C13H12N2O2/c1-2-4-11-5-3-10-14(11)12-6-8-13(9-7-12)15(16)17/h2-10H,1H3/b4-2-. The molecule has 0 spiro atoms. The molecule has 0 amide bonds. The maximum absolute atomic E-state index is 10.6. The molecule has 2 aromatic rings. The number of nitro benzene ring substituents is 1. The Morgan fingerprint density at radius 2 is 1.94 bits per heavy atom. The van der Waals surface area contributed by atoms with Gasteiger partial charge in [-0.15, -0.1) is 0 Å². The SMILES string of the molecule is C/C=C\c1cccn1-c1ccc([N+](=O)[O-])cc1. The predicted molar refractivity (Wildman–Crippen MR) is 67.1 cm³/mol. The minimum Gasteiger partial charge on any atom is -0.317 e. The van der Waals surface area contributed by atoms with Crippen LogP contribution in [0.1, 0.15) is 12.6 Å². The first-order valence-corrected chi connectivity index (χ1v) is 5.27. The number of nitrogens with zero attached hydrogens (tertiary/aromatic N) is 2. The Morgan fingerprint density at radius 3 is 2.53 bits per heavy atom. The molecule has 86 valence electrons. The molecule has 0 saturated carbocycles. The summed E-state index contributed by atoms with van der Waals surface area (Å²) < 4.78 is 1.98. The Hall–Kier alpha value is -2.36. The van der Waals surface area contributed by atoms with Gasteiger partial charge >= 0.3 is 0 Å². The maximum atomic E-state index is 10.6. The molecule has 0 aliphatic heterocycles. The van der Waals surface area contributed by atoms with Crippen molar-refractivity contribution in [1.29, 1.82) is 0 Å². The van der Waals surface area contributed by atoms with Crippen LogP contribution in [0.2, 0.25) is 0 Å². The molecule has 2 rings (SSSR count). The molecule has 0 radical (unpaired) electrons. The summed E-state index contributed by atoms with van der Waals surface area (Å²) in [7, 11) is 0. The number of non-ortho nitro benzene ring substituents is 1. The van der Waals surface area contributed by atoms with E-state index in [4.69, 9.17) is 0 Å². The second kappa shape index (κ2) is 4.65. The van der Waals surface area contributed by atoms with E-state index in [2.05, 4.69) is 0 Å². The molecule has 4 nitrogen and oxygen atoms in total. The van der Waals surface area contributed by atoms with Crippen molar-refractivity contribution < 1.29 is 4.92 Å². The van der Waals surface area contributed by atoms with Crippen molar-refractivity contribution in [2.24, 2.45) is 0 Å². The van der Waals surface area contributed by atoms with E-state index in [0.717, 1.165) is 11.4 Å². The van der Waals surface area contributed by atoms with Gasteiger partial charge in [0.15, 0.2) is 0 Å². The Bertz CT molecular complexity index is 553. The molecular weight excluding hydrogens is 216 g/mol. The van der Waals surface area contributed by atoms with Gasteiger partial charge < -0.3 is 4.57 Å². The Morgan fingerprint density at radius 1 is 1.24 bits per heavy atom. The molecule has 0 aliphatic rings. The number of hydrogen-bond donors (Lipinski definition) is 0. The number of allylic oxidation sites excluding steroid dienone is 1. The summed E-state index contributed by atoms with van der Waals surface area (Å²) in [5.41, 5.74) is 2.06. The highest BCUT2D eigenvalue weighted by Gasteiger charge is 2.05. The van der Waals surface area contributed by atoms with E-state index in [0.29, 0.717) is 0 Å². The quantitative estimate of drug-likeness (QED) is 0.597. The lowest BCUT2D eigenvalue weighted by Gasteiger charge is -2.05. The molecule has 1 aromatic heterocycles. The minimum atomic E-state index is -0.397. The topological polar surface area (TPSA) is 48.1 Å². The van der Waals surface area contributed by atoms with Crippen LogP contribution in [0, 0.1) is 10.1 Å². The van der Waals surface area contributed by atoms with Gasteiger partial charge in [-0.1, -0.05) is 6.08 Å². The smallest absolute Gasteiger partial charge is 0.269 e. The van der Waals surface area contributed by atoms with Gasteiger partial charge in [0.05, 0.1) is 4.92 Å². The summed E-state index contributed by atoms with van der Waals surface area (Å²) in [4.78, 5) is 10.2. The van der Waals surface area contributed by atoms with Crippen LogP contribution in [-0.4, -0.2) is 9.49 Å². The second-order valence-corrected chi connectivity index (χ2v) is 3.58. The van der Waals surface area contributed by atoms with Gasteiger partial charge in [-0.05, 0) is 37.3 Å². The molecule has 1 heterocycles. The molecule has 1 aromatic carbocycles. The highest BCUT2D eigenvalue weighted by Crippen LogP contribution is 2.18. The fourth-order valence-electron chi connectivity index (χ4n) is 1.67. The van der Waals surface area contributed by atoms with Crippen molar-refractivity contribution in [3.8, 4) is 5.69 Å². The van der Waals surface area contributed by atoms with Crippen molar-refractivity contribution >= 4 is 11.8 Å². The van der Waals surface area contributed by atoms with Crippen LogP contribution in [0.25, 0.3) is 11.8 Å². The third-order valence-corrected chi connectivity index (χ3v) is 2.46. The van der Waals surface area contributed by atoms with E-state index in [-0.39, 0.29) is 5.69 Å². The summed E-state index contributed by atoms with van der Waals surface area (Å²) in [6.45, 7) is 1.95. The van der Waals surface area contributed by atoms with Gasteiger partial charge in [0, 0.05) is 29.7 Å². The number of nitro groups is 1. The van der Waals surface area contributed by atoms with Gasteiger partial charge in [-0.25, -0.2) is 0 Å². The van der Waals surface area contributed by atoms with Crippen LogP contribution in [0.5, 0.6) is 0 Å². The molecule has 0 unspecified atom stereocenters. The largest absolute Gasteiger partial charge is 0.317 e. The third-order valence-electron chi connectivity index (χ3n) is 2.46. The zero-order valence-electron chi connectivity index (χ0n) is 9.41. The number of hydrogen-bond acceptors (Lipinski definition) is 2. The van der Waals surface area contributed by atoms with Gasteiger partial charge in [0.2, 0.25) is 0 Å². The third kappa shape index (κ3) is 2.25. The van der Waals surface area contributed by atoms with Crippen molar-refractivity contribution in [2.75, 3.05) is 0 Å². The lowest BCUT2D eigenvalue weighted by Crippen LogP contribution is -1.95. The van der Waals surface area contributed by atoms with Crippen LogP contribution < -0.4 is 0 Å². The van der Waals surface area contributed by atoms with Crippen molar-refractivity contribution in [3.05, 3.63) is 64.5 Å². The van der Waals surface area contributed by atoms with Gasteiger partial charge in [-0.2, -0.15) is 0 Å². The van der Waals surface area contributed by atoms with E-state index in [9.17, 15) is 10.1 Å². The predicted octanol–water partition coefficient (Wildman–Crippen LogP) is 3.42. The summed E-state index contributed by atoms with van der Waals surface area (Å²) in [6.07, 6.45) is 5.87. The van der Waals surface area contributed by atoms with E-state index >= 15 is 0 Å². The second-order valence-electron chi connectivity index (χ2n) is 3.58. The molecule has 0 N–H and O–H groups in total. The summed E-state index contributed by atoms with van der Waals surface area (Å²) in [5.74, 6) is 0. The highest BCUT2D eigenvalue weighted by molar-refractivity contribution is 5.51. The Kier molecular flexibility index (Phi) is 3.05. The Labute approximate surface area is 99.0 Å². The molecule has 0 aliphatic carbocycles. The van der Waals surface area contributed by atoms with Crippen molar-refractivity contribution in [3.63, 3.8) is 0 Å². The molecule has 17 heavy (non-hydrogen) atoms. The van der Waals surface area contributed by atoms with Crippen LogP contribution in [0.3, 0.4) is 0 Å². The van der Waals surface area contributed by atoms with Crippen LogP contribution >= 0.6 is 0 Å². The lowest BCUT2D eigenvalue weighted by molar-refractivity contribution is -0.384. The summed E-state index contributed by atoms with van der Waals surface area (Å²) in [5, 5.41) is 10.6. The first kappa shape index (κ1) is 11.1. The van der Waals surface area contributed by atoms with Crippen molar-refractivity contribution in [1.82, 2.24) is 4.57 Å². The van der Waals surface area contributed by atoms with Gasteiger partial charge in [-0.3, -0.25) is 10.1 Å². The summed E-state index contributed by atoms with van der Waals surface area (Å²) >= 11 is 0. The van der Waals surface area contributed by atoms with Crippen molar-refractivity contribution in [2.45, 2.75) is 6.92 Å². The number of rotatable bonds is 3. The van der Waals surface area contributed by atoms with E-state index in [1.807, 2.05) is 42.0 Å². The number of benzene rings is 1. The van der Waals surface area contributed by atoms with E-state index in [1.165, 1.54) is 12.1 Å². The minimum absolute atomic E-state index is 0.105. The summed E-state index contributed by atoms with van der Waals surface area (Å²) in [6, 6.07) is 10.4. The average molecular weight is 228 g/mol. The normalized spacial score (nSPS) is 10.9. The first-order valence-electron chi connectivity index (χ1n) is 5.27. The van der Waals surface area contributed by atoms with Crippen LogP contribution in [0.15, 0.2) is 48.7 Å². The fraction of sp³-hybridized carbons (Fsp3) is 0.0769. The molecule has 0 atom stereocenters. The molecule has 0 saturated heterocycles. The van der Waals surface area contributed by atoms with Gasteiger partial charge in [0.25, 0.3) is 5.69 Å². The molecule has 0 fully saturated rings. The average Bonchev–Trinajstić information content (AvgIpc) is 2.78. The Balaban J connectivity index is 2.39. The van der Waals surface area contributed by atoms with E-state index in [1.54, 1.807) is 12.1 Å². The zero-order valence-corrected chi connectivity index (χ0v) is 9.41. The molecule has 4 heteroatoms. The van der Waals surface area contributed by atoms with Crippen LogP contribution in [-0.2, 0) is 0 Å². The maximum Gasteiger partial charge on any atom is 0.269 e. The monoisotopic (exact) mass is 228 g/mol. The first-order chi connectivity index (χ1) is 8.22. The molecule has 0 bridgehead atoms. The highest BCUT2D eigenvalue weighted by atomic mass is 16.6. The lowest BCUT2D eigenvalue weighted by atomic mass is 10.2. The molecular formula is C13H12N2O2. The van der Waals surface area contributed by atoms with E-state index < -0.39 is 4.92 Å². The van der Waals surface area contributed by atoms with Crippen LogP contribution in [0.4, 0.5) is 5.69 Å².